The van der Waals surface area contributed by atoms with E-state index in [1.54, 1.807) is 12.1 Å². The van der Waals surface area contributed by atoms with Gasteiger partial charge in [0, 0.05) is 35.3 Å². The molecule has 0 atom stereocenters. The summed E-state index contributed by atoms with van der Waals surface area (Å²) in [6.45, 7) is 8.00. The monoisotopic (exact) mass is 341 g/mol. The third-order valence-corrected chi connectivity index (χ3v) is 4.66. The average molecular weight is 342 g/mol. The lowest BCUT2D eigenvalue weighted by atomic mass is 9.99. The molecule has 0 saturated carbocycles. The van der Waals surface area contributed by atoms with Crippen molar-refractivity contribution in [2.45, 2.75) is 20.8 Å². The van der Waals surface area contributed by atoms with Crippen LogP contribution in [0.2, 0.25) is 5.02 Å². The lowest BCUT2D eigenvalue weighted by molar-refractivity contribution is 0.562. The van der Waals surface area contributed by atoms with Gasteiger partial charge in [-0.15, -0.1) is 0 Å². The van der Waals surface area contributed by atoms with Crippen LogP contribution in [0.4, 0.5) is 5.69 Å². The third-order valence-electron chi connectivity index (χ3n) is 4.41. The van der Waals surface area contributed by atoms with Crippen molar-refractivity contribution < 1.29 is 4.42 Å². The first-order valence-electron chi connectivity index (χ1n) is 8.13. The molecule has 3 nitrogen and oxygen atoms in total. The summed E-state index contributed by atoms with van der Waals surface area (Å²) < 4.78 is 5.62. The Morgan fingerprint density at radius 2 is 1.71 bits per heavy atom. The summed E-state index contributed by atoms with van der Waals surface area (Å²) in [5, 5.41) is 1.60. The van der Waals surface area contributed by atoms with Gasteiger partial charge in [-0.3, -0.25) is 0 Å². The zero-order valence-electron chi connectivity index (χ0n) is 14.1. The first-order valence-corrected chi connectivity index (χ1v) is 8.51. The molecule has 1 aromatic heterocycles. The van der Waals surface area contributed by atoms with Crippen molar-refractivity contribution in [3.63, 3.8) is 0 Å². The Balaban J connectivity index is 2.19. The highest BCUT2D eigenvalue weighted by atomic mass is 35.5. The summed E-state index contributed by atoms with van der Waals surface area (Å²) in [6, 6.07) is 13.3. The zero-order chi connectivity index (χ0) is 17.3. The van der Waals surface area contributed by atoms with Crippen molar-refractivity contribution in [1.29, 1.82) is 0 Å². The van der Waals surface area contributed by atoms with Crippen LogP contribution >= 0.6 is 11.6 Å². The van der Waals surface area contributed by atoms with E-state index in [-0.39, 0.29) is 5.63 Å². The summed E-state index contributed by atoms with van der Waals surface area (Å²) in [6.07, 6.45) is 0. The van der Waals surface area contributed by atoms with E-state index in [4.69, 9.17) is 16.0 Å². The number of hydrogen-bond acceptors (Lipinski definition) is 3. The Hall–Kier alpha value is -2.26. The number of nitrogens with zero attached hydrogens (tertiary/aromatic N) is 1. The summed E-state index contributed by atoms with van der Waals surface area (Å²) in [7, 11) is 0. The Morgan fingerprint density at radius 3 is 2.33 bits per heavy atom. The normalized spacial score (nSPS) is 11.0. The minimum Gasteiger partial charge on any atom is -0.422 e. The van der Waals surface area contributed by atoms with Gasteiger partial charge in [0.1, 0.15) is 5.58 Å². The molecular weight excluding hydrogens is 322 g/mol. The van der Waals surface area contributed by atoms with E-state index in [1.807, 2.05) is 31.2 Å². The topological polar surface area (TPSA) is 33.5 Å². The van der Waals surface area contributed by atoms with Gasteiger partial charge in [0.05, 0.1) is 5.56 Å². The van der Waals surface area contributed by atoms with Crippen molar-refractivity contribution in [2.24, 2.45) is 0 Å². The molecule has 0 fully saturated rings. The first-order chi connectivity index (χ1) is 11.5. The van der Waals surface area contributed by atoms with Gasteiger partial charge in [0.15, 0.2) is 0 Å². The van der Waals surface area contributed by atoms with Crippen LogP contribution < -0.4 is 10.5 Å². The lowest BCUT2D eigenvalue weighted by Crippen LogP contribution is -2.21. The van der Waals surface area contributed by atoms with Crippen molar-refractivity contribution in [3.05, 3.63) is 63.5 Å². The minimum absolute atomic E-state index is 0.320. The molecule has 0 aliphatic rings. The summed E-state index contributed by atoms with van der Waals surface area (Å²) >= 11 is 5.94. The quantitative estimate of drug-likeness (QED) is 0.606. The van der Waals surface area contributed by atoms with E-state index >= 15 is 0 Å². The molecule has 0 spiro atoms. The van der Waals surface area contributed by atoms with E-state index in [1.165, 1.54) is 0 Å². The van der Waals surface area contributed by atoms with Crippen molar-refractivity contribution in [3.8, 4) is 11.1 Å². The molecule has 0 bridgehead atoms. The lowest BCUT2D eigenvalue weighted by Gasteiger charge is -2.21. The average Bonchev–Trinajstić information content (AvgIpc) is 2.57. The fourth-order valence-electron chi connectivity index (χ4n) is 3.08. The second-order valence-electron chi connectivity index (χ2n) is 5.75. The molecule has 2 aromatic carbocycles. The Labute approximate surface area is 146 Å². The van der Waals surface area contributed by atoms with E-state index in [0.717, 1.165) is 35.3 Å². The number of rotatable bonds is 4. The molecule has 124 valence electrons. The van der Waals surface area contributed by atoms with Crippen LogP contribution in [0, 0.1) is 6.92 Å². The molecule has 0 aliphatic carbocycles. The van der Waals surface area contributed by atoms with E-state index in [0.29, 0.717) is 16.2 Å². The molecule has 0 saturated heterocycles. The highest BCUT2D eigenvalue weighted by Crippen LogP contribution is 2.29. The number of hydrogen-bond donors (Lipinski definition) is 0. The van der Waals surface area contributed by atoms with Crippen LogP contribution in [0.15, 0.2) is 51.7 Å². The van der Waals surface area contributed by atoms with Crippen molar-refractivity contribution in [2.75, 3.05) is 18.0 Å². The van der Waals surface area contributed by atoms with Crippen LogP contribution in [0.5, 0.6) is 0 Å². The van der Waals surface area contributed by atoms with E-state index in [9.17, 15) is 4.79 Å². The van der Waals surface area contributed by atoms with Gasteiger partial charge >= 0.3 is 5.63 Å². The number of halogens is 1. The van der Waals surface area contributed by atoms with Gasteiger partial charge in [0.25, 0.3) is 0 Å². The maximum Gasteiger partial charge on any atom is 0.344 e. The molecular formula is C20H20ClNO2. The molecule has 1 heterocycles. The van der Waals surface area contributed by atoms with Crippen LogP contribution in [0.3, 0.4) is 0 Å². The zero-order valence-corrected chi connectivity index (χ0v) is 14.9. The molecule has 0 aliphatic heterocycles. The van der Waals surface area contributed by atoms with Gasteiger partial charge in [-0.05, 0) is 56.2 Å². The van der Waals surface area contributed by atoms with E-state index < -0.39 is 0 Å². The maximum atomic E-state index is 12.5. The molecule has 3 rings (SSSR count). The van der Waals surface area contributed by atoms with Gasteiger partial charge < -0.3 is 9.32 Å². The maximum absolute atomic E-state index is 12.5. The molecule has 24 heavy (non-hydrogen) atoms. The highest BCUT2D eigenvalue weighted by Gasteiger charge is 2.14. The van der Waals surface area contributed by atoms with Crippen LogP contribution in [0.25, 0.3) is 22.1 Å². The number of fused-ring (bicyclic) bond motifs is 1. The first kappa shape index (κ1) is 16.6. The third kappa shape index (κ3) is 2.92. The smallest absolute Gasteiger partial charge is 0.344 e. The van der Waals surface area contributed by atoms with Crippen LogP contribution in [0.1, 0.15) is 19.4 Å². The predicted molar refractivity (Wildman–Crippen MR) is 101 cm³/mol. The van der Waals surface area contributed by atoms with Crippen LogP contribution in [-0.2, 0) is 0 Å². The second-order valence-corrected chi connectivity index (χ2v) is 6.19. The molecule has 0 amide bonds. The highest BCUT2D eigenvalue weighted by molar-refractivity contribution is 6.30. The molecule has 0 unspecified atom stereocenters. The molecule has 4 heteroatoms. The largest absolute Gasteiger partial charge is 0.422 e. The fourth-order valence-corrected chi connectivity index (χ4v) is 3.21. The number of aryl methyl sites for hydroxylation is 1. The summed E-state index contributed by atoms with van der Waals surface area (Å²) in [4.78, 5) is 14.8. The number of anilines is 1. The Morgan fingerprint density at radius 1 is 1.04 bits per heavy atom. The van der Waals surface area contributed by atoms with Gasteiger partial charge in [-0.2, -0.15) is 0 Å². The fraction of sp³-hybridized carbons (Fsp3) is 0.250. The Kier molecular flexibility index (Phi) is 4.63. The van der Waals surface area contributed by atoms with Gasteiger partial charge in [-0.1, -0.05) is 23.7 Å². The second kappa shape index (κ2) is 6.70. The van der Waals surface area contributed by atoms with Gasteiger partial charge in [-0.25, -0.2) is 4.79 Å². The van der Waals surface area contributed by atoms with Crippen molar-refractivity contribution in [1.82, 2.24) is 0 Å². The summed E-state index contributed by atoms with van der Waals surface area (Å²) in [5.41, 5.74) is 3.71. The van der Waals surface area contributed by atoms with Crippen LogP contribution in [-0.4, -0.2) is 13.1 Å². The predicted octanol–water partition coefficient (Wildman–Crippen LogP) is 5.27. The Bertz CT molecular complexity index is 925. The standard InChI is InChI=1S/C20H20ClNO2/c1-4-22(5-2)16-10-11-17-13(3)19(20(23)24-18(17)12-16)14-6-8-15(21)9-7-14/h6-12H,4-5H2,1-3H3. The van der Waals surface area contributed by atoms with E-state index in [2.05, 4.69) is 24.8 Å². The van der Waals surface area contributed by atoms with Gasteiger partial charge in [0.2, 0.25) is 0 Å². The summed E-state index contributed by atoms with van der Waals surface area (Å²) in [5.74, 6) is 0. The molecule has 3 aromatic rings. The minimum atomic E-state index is -0.320. The molecule has 0 radical (unpaired) electrons. The molecule has 0 N–H and O–H groups in total. The van der Waals surface area contributed by atoms with Crippen molar-refractivity contribution >= 4 is 28.3 Å². The SMILES string of the molecule is CCN(CC)c1ccc2c(C)c(-c3ccc(Cl)cc3)c(=O)oc2c1. The number of benzene rings is 2.